The summed E-state index contributed by atoms with van der Waals surface area (Å²) in [5, 5.41) is 5.98. The number of hydrogen-bond acceptors (Lipinski definition) is 6. The molecular weight excluding hydrogens is 392 g/mol. The number of amides is 1. The first kappa shape index (κ1) is 19.8. The van der Waals surface area contributed by atoms with Crippen molar-refractivity contribution in [1.29, 1.82) is 0 Å². The van der Waals surface area contributed by atoms with E-state index >= 15 is 0 Å². The topological polar surface area (TPSA) is 89.3 Å². The Bertz CT molecular complexity index is 1120. The van der Waals surface area contributed by atoms with E-state index in [2.05, 4.69) is 34.4 Å². The van der Waals surface area contributed by atoms with Gasteiger partial charge < -0.3 is 19.8 Å². The first-order valence-corrected chi connectivity index (χ1v) is 10.9. The first-order valence-electron chi connectivity index (χ1n) is 10.9. The van der Waals surface area contributed by atoms with Gasteiger partial charge in [0.25, 0.3) is 11.9 Å². The molecule has 0 aliphatic heterocycles. The summed E-state index contributed by atoms with van der Waals surface area (Å²) in [6.45, 7) is 5.76. The number of hydrogen-bond donors (Lipinski definition) is 2. The molecule has 162 valence electrons. The molecule has 1 aromatic carbocycles. The van der Waals surface area contributed by atoms with E-state index in [1.807, 2.05) is 18.2 Å². The van der Waals surface area contributed by atoms with Crippen molar-refractivity contribution in [3.05, 3.63) is 42.2 Å². The van der Waals surface area contributed by atoms with Crippen molar-refractivity contribution in [3.8, 4) is 11.5 Å². The molecule has 2 aliphatic rings. The third-order valence-corrected chi connectivity index (χ3v) is 7.29. The predicted molar refractivity (Wildman–Crippen MR) is 118 cm³/mol. The zero-order valence-electron chi connectivity index (χ0n) is 18.1. The molecule has 2 aromatic heterocycles. The fraction of sp³-hybridized carbons (Fsp3) is 0.458. The molecular formula is C24H28N4O3. The number of fused-ring (bicyclic) bond motifs is 3. The van der Waals surface area contributed by atoms with Crippen molar-refractivity contribution in [2.24, 2.45) is 23.2 Å². The second-order valence-corrected chi connectivity index (χ2v) is 9.29. The Balaban J connectivity index is 1.27. The average Bonchev–Trinajstić information content (AvgIpc) is 3.39. The zero-order chi connectivity index (χ0) is 21.6. The molecule has 1 amide bonds. The van der Waals surface area contributed by atoms with Crippen LogP contribution in [0.15, 0.2) is 40.9 Å². The lowest BCUT2D eigenvalue weighted by atomic mass is 9.80. The molecule has 5 rings (SSSR count). The predicted octanol–water partition coefficient (Wildman–Crippen LogP) is 4.86. The van der Waals surface area contributed by atoms with Crippen LogP contribution in [0.25, 0.3) is 11.1 Å². The van der Waals surface area contributed by atoms with Gasteiger partial charge >= 0.3 is 0 Å². The minimum Gasteiger partial charge on any atom is -0.457 e. The van der Waals surface area contributed by atoms with E-state index in [4.69, 9.17) is 9.15 Å². The highest BCUT2D eigenvalue weighted by Gasteiger charge is 2.52. The maximum absolute atomic E-state index is 11.8. The summed E-state index contributed by atoms with van der Waals surface area (Å²) in [5.74, 6) is 3.21. The highest BCUT2D eigenvalue weighted by molar-refractivity contribution is 5.92. The maximum atomic E-state index is 11.8. The van der Waals surface area contributed by atoms with E-state index in [9.17, 15) is 4.79 Å². The first-order chi connectivity index (χ1) is 14.9. The van der Waals surface area contributed by atoms with Crippen molar-refractivity contribution in [2.75, 3.05) is 18.9 Å². The summed E-state index contributed by atoms with van der Waals surface area (Å²) in [6, 6.07) is 9.40. The van der Waals surface area contributed by atoms with E-state index in [1.54, 1.807) is 25.4 Å². The Morgan fingerprint density at radius 3 is 2.81 bits per heavy atom. The second kappa shape index (κ2) is 7.55. The lowest BCUT2D eigenvalue weighted by molar-refractivity contribution is 0.0958. The van der Waals surface area contributed by atoms with Crippen LogP contribution in [0.4, 0.5) is 6.01 Å². The van der Waals surface area contributed by atoms with Gasteiger partial charge in [0.05, 0.1) is 0 Å². The third-order valence-electron chi connectivity index (χ3n) is 7.29. The minimum absolute atomic E-state index is 0.259. The van der Waals surface area contributed by atoms with E-state index in [-0.39, 0.29) is 5.91 Å². The van der Waals surface area contributed by atoms with E-state index in [0.717, 1.165) is 23.9 Å². The number of oxazole rings is 1. The normalized spacial score (nSPS) is 23.8. The number of pyridine rings is 1. The van der Waals surface area contributed by atoms with Gasteiger partial charge in [-0.15, -0.1) is 0 Å². The molecule has 3 atom stereocenters. The van der Waals surface area contributed by atoms with Crippen LogP contribution in [0.3, 0.4) is 0 Å². The monoisotopic (exact) mass is 420 g/mol. The molecule has 7 nitrogen and oxygen atoms in total. The van der Waals surface area contributed by atoms with Crippen LogP contribution < -0.4 is 15.4 Å². The molecule has 2 fully saturated rings. The van der Waals surface area contributed by atoms with Crippen LogP contribution in [0, 0.1) is 23.2 Å². The smallest absolute Gasteiger partial charge is 0.295 e. The molecule has 31 heavy (non-hydrogen) atoms. The van der Waals surface area contributed by atoms with Gasteiger partial charge in [-0.3, -0.25) is 9.78 Å². The number of nitrogens with one attached hydrogen (secondary N) is 2. The van der Waals surface area contributed by atoms with Crippen molar-refractivity contribution >= 4 is 23.0 Å². The van der Waals surface area contributed by atoms with Gasteiger partial charge in [-0.2, -0.15) is 4.98 Å². The van der Waals surface area contributed by atoms with E-state index in [1.165, 1.54) is 19.3 Å². The van der Waals surface area contributed by atoms with Crippen molar-refractivity contribution < 1.29 is 13.9 Å². The van der Waals surface area contributed by atoms with Crippen molar-refractivity contribution in [3.63, 3.8) is 0 Å². The molecule has 2 aliphatic carbocycles. The van der Waals surface area contributed by atoms with Gasteiger partial charge in [-0.05, 0) is 60.6 Å². The number of carbonyl (C=O) groups is 1. The number of aromatic nitrogens is 2. The second-order valence-electron chi connectivity index (χ2n) is 9.29. The SMILES string of the molecule is CNC(=O)c1cc(Oc2ccc3nc(NC[C@@H]4C[C@@H]5CC[C@H]4C5(C)C)oc3c2)ccn1. The lowest BCUT2D eigenvalue weighted by Gasteiger charge is -2.26. The summed E-state index contributed by atoms with van der Waals surface area (Å²) in [6.07, 6.45) is 5.57. The number of anilines is 1. The van der Waals surface area contributed by atoms with Crippen LogP contribution in [0.1, 0.15) is 43.6 Å². The summed E-state index contributed by atoms with van der Waals surface area (Å²) >= 11 is 0. The van der Waals surface area contributed by atoms with Gasteiger partial charge in [0, 0.05) is 31.9 Å². The van der Waals surface area contributed by atoms with E-state index in [0.29, 0.717) is 40.1 Å². The van der Waals surface area contributed by atoms with Gasteiger partial charge in [-0.1, -0.05) is 13.8 Å². The molecule has 0 radical (unpaired) electrons. The molecule has 2 bridgehead atoms. The fourth-order valence-electron chi connectivity index (χ4n) is 5.57. The van der Waals surface area contributed by atoms with Gasteiger partial charge in [0.15, 0.2) is 5.58 Å². The standard InChI is InChI=1S/C24H28N4O3/c1-24(2)15-4-6-18(24)14(10-15)13-27-23-28-19-7-5-16(12-21(19)31-23)30-17-8-9-26-20(11-17)22(29)25-3/h5,7-9,11-12,14-15,18H,4,6,10,13H2,1-3H3,(H,25,29)(H,27,28)/t14-,15-,18+/m0/s1. The average molecular weight is 421 g/mol. The zero-order valence-corrected chi connectivity index (χ0v) is 18.1. The highest BCUT2D eigenvalue weighted by atomic mass is 16.5. The third kappa shape index (κ3) is 3.62. The Kier molecular flexibility index (Phi) is 4.84. The molecule has 0 unspecified atom stereocenters. The van der Waals surface area contributed by atoms with Crippen molar-refractivity contribution in [2.45, 2.75) is 33.1 Å². The molecule has 3 aromatic rings. The Morgan fingerprint density at radius 2 is 2.06 bits per heavy atom. The highest BCUT2D eigenvalue weighted by Crippen LogP contribution is 2.60. The van der Waals surface area contributed by atoms with Crippen LogP contribution in [0.5, 0.6) is 11.5 Å². The Morgan fingerprint density at radius 1 is 1.23 bits per heavy atom. The number of nitrogens with zero attached hydrogens (tertiary/aromatic N) is 2. The van der Waals surface area contributed by atoms with Crippen LogP contribution in [-0.2, 0) is 0 Å². The fourth-order valence-corrected chi connectivity index (χ4v) is 5.57. The Labute approximate surface area is 181 Å². The van der Waals surface area contributed by atoms with Gasteiger partial charge in [-0.25, -0.2) is 0 Å². The minimum atomic E-state index is -0.259. The Hall–Kier alpha value is -3.09. The summed E-state index contributed by atoms with van der Waals surface area (Å²) in [7, 11) is 1.57. The lowest BCUT2D eigenvalue weighted by Crippen LogP contribution is -2.24. The summed E-state index contributed by atoms with van der Waals surface area (Å²) in [4.78, 5) is 20.4. The number of carbonyl (C=O) groups excluding carboxylic acids is 1. The van der Waals surface area contributed by atoms with Gasteiger partial charge in [0.1, 0.15) is 22.7 Å². The van der Waals surface area contributed by atoms with Gasteiger partial charge in [0.2, 0.25) is 0 Å². The quantitative estimate of drug-likeness (QED) is 0.592. The summed E-state index contributed by atoms with van der Waals surface area (Å²) < 4.78 is 11.8. The maximum Gasteiger partial charge on any atom is 0.295 e. The van der Waals surface area contributed by atoms with Crippen LogP contribution >= 0.6 is 0 Å². The molecule has 2 heterocycles. The number of benzene rings is 1. The van der Waals surface area contributed by atoms with E-state index < -0.39 is 0 Å². The molecule has 7 heteroatoms. The molecule has 2 N–H and O–H groups in total. The molecule has 0 saturated heterocycles. The molecule has 0 spiro atoms. The van der Waals surface area contributed by atoms with Crippen molar-refractivity contribution in [1.82, 2.24) is 15.3 Å². The largest absolute Gasteiger partial charge is 0.457 e. The van der Waals surface area contributed by atoms with Crippen LogP contribution in [-0.4, -0.2) is 29.5 Å². The molecule has 2 saturated carbocycles. The van der Waals surface area contributed by atoms with Crippen LogP contribution in [0.2, 0.25) is 0 Å². The number of ether oxygens (including phenoxy) is 1. The number of rotatable bonds is 6. The summed E-state index contributed by atoms with van der Waals surface area (Å²) in [5.41, 5.74) is 2.21.